The molecule has 12 nitrogen and oxygen atoms in total. The van der Waals surface area contributed by atoms with Gasteiger partial charge >= 0.3 is 5.97 Å². The fourth-order valence-corrected chi connectivity index (χ4v) is 6.65. The van der Waals surface area contributed by atoms with Gasteiger partial charge in [0, 0.05) is 49.5 Å². The molecule has 0 spiro atoms. The number of carbonyl (C=O) groups is 2. The van der Waals surface area contributed by atoms with Gasteiger partial charge in [0.15, 0.2) is 0 Å². The normalized spacial score (nSPS) is 14.8. The zero-order valence-corrected chi connectivity index (χ0v) is 26.7. The maximum absolute atomic E-state index is 14.5. The number of carbonyl (C=O) groups excluding carboxylic acids is 1. The largest absolute Gasteiger partial charge is 0.480 e. The zero-order chi connectivity index (χ0) is 33.6. The second-order valence-electron chi connectivity index (χ2n) is 10.9. The summed E-state index contributed by atoms with van der Waals surface area (Å²) < 4.78 is 66.3. The van der Waals surface area contributed by atoms with Crippen molar-refractivity contribution >= 4 is 37.8 Å². The number of hydrogen-bond donors (Lipinski definition) is 4. The van der Waals surface area contributed by atoms with E-state index in [0.29, 0.717) is 29.8 Å². The summed E-state index contributed by atoms with van der Waals surface area (Å²) in [5.41, 5.74) is 2.35. The topological polar surface area (TPSA) is 179 Å². The minimum atomic E-state index is -3.97. The van der Waals surface area contributed by atoms with Crippen LogP contribution >= 0.6 is 0 Å². The third kappa shape index (κ3) is 8.89. The van der Waals surface area contributed by atoms with E-state index >= 15 is 0 Å². The van der Waals surface area contributed by atoms with Crippen molar-refractivity contribution < 1.29 is 35.9 Å². The molecule has 3 aromatic rings. The highest BCUT2D eigenvalue weighted by Gasteiger charge is 2.33. The highest BCUT2D eigenvalue weighted by atomic mass is 32.2. The van der Waals surface area contributed by atoms with Gasteiger partial charge in [0.1, 0.15) is 11.9 Å². The van der Waals surface area contributed by atoms with E-state index in [4.69, 9.17) is 5.14 Å². The Bertz CT molecular complexity index is 1860. The molecule has 1 amide bonds. The molecular weight excluding hydrogens is 638 g/mol. The number of aliphatic carboxylic acids is 1. The number of halogens is 1. The van der Waals surface area contributed by atoms with Crippen molar-refractivity contribution in [2.75, 3.05) is 31.1 Å². The van der Waals surface area contributed by atoms with Gasteiger partial charge in [0.05, 0.1) is 10.5 Å². The van der Waals surface area contributed by atoms with Crippen LogP contribution in [0.5, 0.6) is 0 Å². The molecule has 1 atom stereocenters. The molecule has 3 aromatic carbocycles. The maximum atomic E-state index is 14.5. The summed E-state index contributed by atoms with van der Waals surface area (Å²) in [5, 5.41) is 17.0. The van der Waals surface area contributed by atoms with Gasteiger partial charge in [-0.3, -0.25) is 9.59 Å². The Morgan fingerprint density at radius 2 is 1.50 bits per heavy atom. The highest BCUT2D eigenvalue weighted by Crippen LogP contribution is 2.19. The summed E-state index contributed by atoms with van der Waals surface area (Å²) in [6.07, 6.45) is 0. The number of piperazine rings is 1. The molecule has 1 aliphatic rings. The van der Waals surface area contributed by atoms with Crippen LogP contribution in [0.1, 0.15) is 40.9 Å². The fraction of sp³-hybridized carbons (Fsp3) is 0.290. The standard InChI is InChI=1S/C31H34FN5O7S2/c1-21(2)29(31(39)40)35-46(43,44)37-17-15-36(16-18-37)25-10-5-22(6-11-25)3-4-23-9-14-28(32)27(19-23)30(38)34-20-24-7-12-26(13-8-24)45(33,41)42/h5-14,19,21,29,35H,15-18,20H2,1-2H3,(H,34,38)(H,39,40)(H2,33,41,42). The van der Waals surface area contributed by atoms with E-state index in [1.54, 1.807) is 26.0 Å². The SMILES string of the molecule is CC(C)C(NS(=O)(=O)N1CCN(c2ccc(C#Cc3ccc(F)c(C(=O)NCc4ccc(S(N)(=O)=O)cc4)c3)cc2)CC1)C(=O)O. The molecule has 0 bridgehead atoms. The van der Waals surface area contributed by atoms with Gasteiger partial charge in [-0.1, -0.05) is 37.8 Å². The minimum Gasteiger partial charge on any atom is -0.480 e. The van der Waals surface area contributed by atoms with Gasteiger partial charge in [-0.2, -0.15) is 17.4 Å². The molecule has 0 aromatic heterocycles. The average molecular weight is 672 g/mol. The zero-order valence-electron chi connectivity index (χ0n) is 25.1. The summed E-state index contributed by atoms with van der Waals surface area (Å²) in [4.78, 5) is 26.1. The fourth-order valence-electron chi connectivity index (χ4n) is 4.64. The van der Waals surface area contributed by atoms with Crippen LogP contribution in [0.3, 0.4) is 0 Å². The number of carboxylic acid groups (broad SMARTS) is 1. The molecule has 1 saturated heterocycles. The Balaban J connectivity index is 1.35. The lowest BCUT2D eigenvalue weighted by Crippen LogP contribution is -2.55. The van der Waals surface area contributed by atoms with Gasteiger partial charge in [-0.05, 0) is 66.1 Å². The van der Waals surface area contributed by atoms with Crippen molar-refractivity contribution in [2.45, 2.75) is 31.3 Å². The monoisotopic (exact) mass is 671 g/mol. The van der Waals surface area contributed by atoms with E-state index < -0.39 is 49.9 Å². The van der Waals surface area contributed by atoms with Crippen molar-refractivity contribution in [2.24, 2.45) is 11.1 Å². The number of nitrogens with one attached hydrogen (secondary N) is 2. The van der Waals surface area contributed by atoms with Crippen LogP contribution in [0.25, 0.3) is 0 Å². The number of carboxylic acids is 1. The van der Waals surface area contributed by atoms with Crippen LogP contribution in [-0.4, -0.2) is 70.3 Å². The summed E-state index contributed by atoms with van der Waals surface area (Å²) >= 11 is 0. The lowest BCUT2D eigenvalue weighted by molar-refractivity contribution is -0.140. The van der Waals surface area contributed by atoms with Crippen LogP contribution in [0.4, 0.5) is 10.1 Å². The number of hydrogen-bond acceptors (Lipinski definition) is 7. The van der Waals surface area contributed by atoms with Gasteiger partial charge in [-0.25, -0.2) is 17.9 Å². The molecular formula is C31H34FN5O7S2. The Morgan fingerprint density at radius 3 is 2.07 bits per heavy atom. The van der Waals surface area contributed by atoms with E-state index in [-0.39, 0.29) is 30.1 Å². The first-order valence-electron chi connectivity index (χ1n) is 14.2. The van der Waals surface area contributed by atoms with Gasteiger partial charge in [-0.15, -0.1) is 0 Å². The Labute approximate surface area is 267 Å². The van der Waals surface area contributed by atoms with E-state index in [2.05, 4.69) is 21.9 Å². The molecule has 1 aliphatic heterocycles. The number of nitrogens with two attached hydrogens (primary N) is 1. The highest BCUT2D eigenvalue weighted by molar-refractivity contribution is 7.89. The number of sulfonamides is 1. The van der Waals surface area contributed by atoms with E-state index in [9.17, 15) is 35.9 Å². The lowest BCUT2D eigenvalue weighted by Gasteiger charge is -2.36. The lowest BCUT2D eigenvalue weighted by atomic mass is 10.1. The molecule has 0 saturated carbocycles. The predicted octanol–water partition coefficient (Wildman–Crippen LogP) is 1.87. The first-order valence-corrected chi connectivity index (χ1v) is 17.2. The molecule has 1 heterocycles. The molecule has 15 heteroatoms. The predicted molar refractivity (Wildman–Crippen MR) is 170 cm³/mol. The summed E-state index contributed by atoms with van der Waals surface area (Å²) in [6, 6.07) is 15.7. The van der Waals surface area contributed by atoms with Crippen LogP contribution in [0.15, 0.2) is 71.6 Å². The minimum absolute atomic E-state index is 0.0382. The Morgan fingerprint density at radius 1 is 0.913 bits per heavy atom. The molecule has 1 unspecified atom stereocenters. The Kier molecular flexibility index (Phi) is 10.8. The molecule has 4 rings (SSSR count). The van der Waals surface area contributed by atoms with Crippen molar-refractivity contribution in [3.63, 3.8) is 0 Å². The Hall–Kier alpha value is -4.33. The van der Waals surface area contributed by atoms with Crippen molar-refractivity contribution in [3.05, 3.63) is 94.8 Å². The van der Waals surface area contributed by atoms with Crippen molar-refractivity contribution in [1.29, 1.82) is 0 Å². The molecule has 0 radical (unpaired) electrons. The van der Waals surface area contributed by atoms with Crippen LogP contribution in [0, 0.1) is 23.6 Å². The quantitative estimate of drug-likeness (QED) is 0.236. The van der Waals surface area contributed by atoms with Gasteiger partial charge < -0.3 is 15.3 Å². The number of amides is 1. The molecule has 0 aliphatic carbocycles. The van der Waals surface area contributed by atoms with E-state index in [1.807, 2.05) is 17.0 Å². The average Bonchev–Trinajstić information content (AvgIpc) is 3.02. The van der Waals surface area contributed by atoms with Crippen LogP contribution < -0.4 is 20.1 Å². The molecule has 1 fully saturated rings. The second-order valence-corrected chi connectivity index (χ2v) is 14.2. The first-order chi connectivity index (χ1) is 21.6. The molecule has 5 N–H and O–H groups in total. The maximum Gasteiger partial charge on any atom is 0.322 e. The second kappa shape index (κ2) is 14.4. The summed E-state index contributed by atoms with van der Waals surface area (Å²) in [7, 11) is -7.80. The van der Waals surface area contributed by atoms with E-state index in [0.717, 1.165) is 11.8 Å². The first kappa shape index (κ1) is 34.5. The summed E-state index contributed by atoms with van der Waals surface area (Å²) in [5.74, 6) is 2.90. The van der Waals surface area contributed by atoms with Crippen molar-refractivity contribution in [1.82, 2.24) is 14.3 Å². The third-order valence-corrected chi connectivity index (χ3v) is 9.81. The van der Waals surface area contributed by atoms with Crippen LogP contribution in [0.2, 0.25) is 0 Å². The van der Waals surface area contributed by atoms with E-state index in [1.165, 1.54) is 40.7 Å². The van der Waals surface area contributed by atoms with Crippen LogP contribution in [-0.2, 0) is 31.6 Å². The van der Waals surface area contributed by atoms with Gasteiger partial charge in [0.25, 0.3) is 16.1 Å². The van der Waals surface area contributed by atoms with Crippen molar-refractivity contribution in [3.8, 4) is 11.8 Å². The third-order valence-electron chi connectivity index (χ3n) is 7.29. The number of anilines is 1. The van der Waals surface area contributed by atoms with Gasteiger partial charge in [0.2, 0.25) is 10.0 Å². The molecule has 46 heavy (non-hydrogen) atoms. The number of primary sulfonamides is 1. The molecule has 244 valence electrons. The number of benzene rings is 3. The number of rotatable bonds is 10. The summed E-state index contributed by atoms with van der Waals surface area (Å²) in [6.45, 7) is 4.50. The number of nitrogens with zero attached hydrogens (tertiary/aromatic N) is 2. The smallest absolute Gasteiger partial charge is 0.322 e.